The van der Waals surface area contributed by atoms with Crippen molar-refractivity contribution in [1.29, 1.82) is 0 Å². The van der Waals surface area contributed by atoms with E-state index in [9.17, 15) is 18.0 Å². The van der Waals surface area contributed by atoms with Gasteiger partial charge >= 0.3 is 6.18 Å². The fraction of sp³-hybridized carbons (Fsp3) is 0.208. The van der Waals surface area contributed by atoms with E-state index >= 15 is 0 Å². The van der Waals surface area contributed by atoms with Crippen LogP contribution in [0, 0.1) is 6.92 Å². The number of carbonyl (C=O) groups is 1. The second kappa shape index (κ2) is 8.49. The summed E-state index contributed by atoms with van der Waals surface area (Å²) in [6.07, 6.45) is -3.22. The van der Waals surface area contributed by atoms with E-state index in [1.807, 2.05) is 12.1 Å². The minimum atomic E-state index is -4.56. The highest BCUT2D eigenvalue weighted by Gasteiger charge is 2.39. The quantitative estimate of drug-likeness (QED) is 0.461. The van der Waals surface area contributed by atoms with Crippen LogP contribution in [0.3, 0.4) is 0 Å². The van der Waals surface area contributed by atoms with Crippen molar-refractivity contribution in [2.45, 2.75) is 25.4 Å². The van der Waals surface area contributed by atoms with Gasteiger partial charge in [0, 0.05) is 23.5 Å². The van der Waals surface area contributed by atoms with E-state index in [0.29, 0.717) is 22.7 Å². The third-order valence-electron chi connectivity index (χ3n) is 5.87. The average Bonchev–Trinajstić information content (AvgIpc) is 3.19. The summed E-state index contributed by atoms with van der Waals surface area (Å²) in [5.74, 6) is -0.272. The number of anilines is 1. The molecule has 1 atom stereocenters. The molecule has 35 heavy (non-hydrogen) atoms. The molecule has 0 saturated heterocycles. The normalized spacial score (nSPS) is 15.5. The van der Waals surface area contributed by atoms with Gasteiger partial charge in [-0.15, -0.1) is 5.10 Å². The van der Waals surface area contributed by atoms with Gasteiger partial charge in [-0.1, -0.05) is 18.2 Å². The molecule has 8 nitrogen and oxygen atoms in total. The summed E-state index contributed by atoms with van der Waals surface area (Å²) in [6, 6.07) is 12.4. The van der Waals surface area contributed by atoms with Gasteiger partial charge in [0.2, 0.25) is 5.91 Å². The first-order chi connectivity index (χ1) is 16.8. The zero-order chi connectivity index (χ0) is 24.7. The number of hydrogen-bond acceptors (Lipinski definition) is 6. The maximum Gasteiger partial charge on any atom is 0.416 e. The lowest BCUT2D eigenvalue weighted by Gasteiger charge is -2.26. The van der Waals surface area contributed by atoms with Crippen molar-refractivity contribution in [1.82, 2.24) is 25.0 Å². The zero-order valence-electron chi connectivity index (χ0n) is 18.7. The number of amides is 1. The number of nitrogens with one attached hydrogen (secondary N) is 1. The van der Waals surface area contributed by atoms with Crippen LogP contribution < -0.4 is 10.1 Å². The van der Waals surface area contributed by atoms with E-state index < -0.39 is 23.6 Å². The highest BCUT2D eigenvalue weighted by molar-refractivity contribution is 5.95. The molecule has 0 bridgehead atoms. The number of alkyl halides is 3. The standard InChI is InChI=1S/C24H19F3N6O2/c1-13-21-17(16-5-3-4-6-18(16)24(25,26)27)11-20(34)30-22(21)33(32-13)23-29-19(12-28-31-23)14-7-9-15(35-2)10-8-14/h3-10,12,17H,11H2,1-2H3,(H,30,34)/t17-/m1/s1. The van der Waals surface area contributed by atoms with Gasteiger partial charge in [0.25, 0.3) is 5.95 Å². The van der Waals surface area contributed by atoms with Gasteiger partial charge in [-0.05, 0) is 42.8 Å². The Labute approximate surface area is 197 Å². The van der Waals surface area contributed by atoms with Crippen LogP contribution in [0.4, 0.5) is 19.0 Å². The number of aromatic nitrogens is 5. The van der Waals surface area contributed by atoms with Crippen molar-refractivity contribution < 1.29 is 22.7 Å². The van der Waals surface area contributed by atoms with Crippen LogP contribution in [0.5, 0.6) is 5.75 Å². The number of ether oxygens (including phenoxy) is 1. The minimum Gasteiger partial charge on any atom is -0.497 e. The summed E-state index contributed by atoms with van der Waals surface area (Å²) >= 11 is 0. The Morgan fingerprint density at radius 1 is 1.11 bits per heavy atom. The van der Waals surface area contributed by atoms with Crippen LogP contribution in [0.25, 0.3) is 17.2 Å². The van der Waals surface area contributed by atoms with Gasteiger partial charge in [0.15, 0.2) is 0 Å². The summed E-state index contributed by atoms with van der Waals surface area (Å²) in [5.41, 5.74) is 1.43. The van der Waals surface area contributed by atoms with Gasteiger partial charge in [0.05, 0.1) is 30.3 Å². The van der Waals surface area contributed by atoms with E-state index in [0.717, 1.165) is 11.6 Å². The first kappa shape index (κ1) is 22.5. The van der Waals surface area contributed by atoms with Crippen molar-refractivity contribution in [3.05, 3.63) is 77.1 Å². The fourth-order valence-electron chi connectivity index (χ4n) is 4.30. The maximum absolute atomic E-state index is 13.7. The number of halogens is 3. The monoisotopic (exact) mass is 480 g/mol. The van der Waals surface area contributed by atoms with Crippen molar-refractivity contribution in [2.24, 2.45) is 0 Å². The summed E-state index contributed by atoms with van der Waals surface area (Å²) in [4.78, 5) is 17.1. The minimum absolute atomic E-state index is 0.0183. The molecule has 0 fully saturated rings. The Morgan fingerprint density at radius 3 is 2.57 bits per heavy atom. The molecule has 2 aromatic carbocycles. The third kappa shape index (κ3) is 4.09. The van der Waals surface area contributed by atoms with Crippen LogP contribution >= 0.6 is 0 Å². The van der Waals surface area contributed by atoms with Crippen LogP contribution in [-0.2, 0) is 11.0 Å². The Hall–Kier alpha value is -4.28. The molecule has 0 spiro atoms. The molecule has 0 saturated carbocycles. The lowest BCUT2D eigenvalue weighted by atomic mass is 9.83. The second-order valence-corrected chi connectivity index (χ2v) is 8.02. The van der Waals surface area contributed by atoms with Crippen LogP contribution in [0.2, 0.25) is 0 Å². The molecule has 1 N–H and O–H groups in total. The third-order valence-corrected chi connectivity index (χ3v) is 5.87. The lowest BCUT2D eigenvalue weighted by molar-refractivity contribution is -0.138. The maximum atomic E-state index is 13.7. The Kier molecular flexibility index (Phi) is 5.46. The summed E-state index contributed by atoms with van der Waals surface area (Å²) in [7, 11) is 1.57. The summed E-state index contributed by atoms with van der Waals surface area (Å²) < 4.78 is 47.7. The van der Waals surface area contributed by atoms with Crippen molar-refractivity contribution >= 4 is 11.7 Å². The smallest absolute Gasteiger partial charge is 0.416 e. The van der Waals surface area contributed by atoms with Crippen LogP contribution in [0.1, 0.15) is 34.7 Å². The second-order valence-electron chi connectivity index (χ2n) is 8.02. The summed E-state index contributed by atoms with van der Waals surface area (Å²) in [6.45, 7) is 1.68. The van der Waals surface area contributed by atoms with E-state index in [-0.39, 0.29) is 23.8 Å². The first-order valence-electron chi connectivity index (χ1n) is 10.7. The summed E-state index contributed by atoms with van der Waals surface area (Å²) in [5, 5.41) is 15.3. The molecule has 178 valence electrons. The number of methoxy groups -OCH3 is 1. The van der Waals surface area contributed by atoms with Crippen molar-refractivity contribution in [3.8, 4) is 23.0 Å². The predicted molar refractivity (Wildman–Crippen MR) is 120 cm³/mol. The van der Waals surface area contributed by atoms with E-state index in [1.165, 1.54) is 29.1 Å². The van der Waals surface area contributed by atoms with E-state index in [1.54, 1.807) is 26.2 Å². The fourth-order valence-corrected chi connectivity index (χ4v) is 4.30. The number of benzene rings is 2. The molecule has 3 heterocycles. The molecule has 1 amide bonds. The Balaban J connectivity index is 1.61. The first-order valence-corrected chi connectivity index (χ1v) is 10.7. The highest BCUT2D eigenvalue weighted by Crippen LogP contribution is 2.44. The van der Waals surface area contributed by atoms with Crippen molar-refractivity contribution in [2.75, 3.05) is 12.4 Å². The molecule has 1 aliphatic rings. The molecule has 0 radical (unpaired) electrons. The number of rotatable bonds is 4. The number of carbonyl (C=O) groups excluding carboxylic acids is 1. The molecule has 0 unspecified atom stereocenters. The van der Waals surface area contributed by atoms with Gasteiger partial charge in [-0.25, -0.2) is 4.98 Å². The number of aryl methyl sites for hydroxylation is 1. The van der Waals surface area contributed by atoms with Gasteiger partial charge in [-0.3, -0.25) is 4.79 Å². The molecular weight excluding hydrogens is 461 g/mol. The van der Waals surface area contributed by atoms with Crippen LogP contribution in [-0.4, -0.2) is 38.0 Å². The molecular formula is C24H19F3N6O2. The number of fused-ring (bicyclic) bond motifs is 1. The SMILES string of the molecule is COc1ccc(-c2cnnc(-n3nc(C)c4c3NC(=O)C[C@@H]4c3ccccc3C(F)(F)F)n2)cc1. The average molecular weight is 480 g/mol. The van der Waals surface area contributed by atoms with Crippen molar-refractivity contribution in [3.63, 3.8) is 0 Å². The van der Waals surface area contributed by atoms with Gasteiger partial charge < -0.3 is 10.1 Å². The number of hydrogen-bond donors (Lipinski definition) is 1. The lowest BCUT2D eigenvalue weighted by Crippen LogP contribution is -2.26. The Morgan fingerprint density at radius 2 is 1.86 bits per heavy atom. The van der Waals surface area contributed by atoms with Gasteiger partial charge in [-0.2, -0.15) is 28.1 Å². The van der Waals surface area contributed by atoms with E-state index in [4.69, 9.17) is 4.74 Å². The number of nitrogens with zero attached hydrogens (tertiary/aromatic N) is 5. The molecule has 11 heteroatoms. The largest absolute Gasteiger partial charge is 0.497 e. The molecule has 5 rings (SSSR count). The van der Waals surface area contributed by atoms with Crippen LogP contribution in [0.15, 0.2) is 54.7 Å². The topological polar surface area (TPSA) is 94.8 Å². The Bertz CT molecular complexity index is 1420. The molecule has 4 aromatic rings. The van der Waals surface area contributed by atoms with Gasteiger partial charge in [0.1, 0.15) is 11.6 Å². The predicted octanol–water partition coefficient (Wildman–Crippen LogP) is 4.53. The molecule has 2 aromatic heterocycles. The molecule has 0 aliphatic carbocycles. The zero-order valence-corrected chi connectivity index (χ0v) is 18.7. The van der Waals surface area contributed by atoms with E-state index in [2.05, 4.69) is 25.6 Å². The molecule has 1 aliphatic heterocycles. The highest BCUT2D eigenvalue weighted by atomic mass is 19.4.